The summed E-state index contributed by atoms with van der Waals surface area (Å²) < 4.78 is 27.8. The van der Waals surface area contributed by atoms with Crippen LogP contribution in [0.3, 0.4) is 0 Å². The van der Waals surface area contributed by atoms with Crippen LogP contribution >= 0.6 is 23.2 Å². The van der Waals surface area contributed by atoms with Gasteiger partial charge in [-0.2, -0.15) is 0 Å². The number of carbonyl (C=O) groups excluding carboxylic acids is 1. The summed E-state index contributed by atoms with van der Waals surface area (Å²) in [5.41, 5.74) is 0.485. The lowest BCUT2D eigenvalue weighted by atomic mass is 10.2. The molecule has 25 heavy (non-hydrogen) atoms. The van der Waals surface area contributed by atoms with E-state index in [1.165, 1.54) is 24.3 Å². The van der Waals surface area contributed by atoms with E-state index in [1.807, 2.05) is 0 Å². The summed E-state index contributed by atoms with van der Waals surface area (Å²) in [4.78, 5) is 11.8. The molecular weight excluding hydrogens is 387 g/mol. The number of primary sulfonamides is 1. The molecule has 0 heterocycles. The van der Waals surface area contributed by atoms with Crippen molar-refractivity contribution in [2.45, 2.75) is 17.7 Å². The molecule has 0 bridgehead atoms. The molecule has 2 aromatic carbocycles. The fourth-order valence-corrected chi connectivity index (χ4v) is 2.94. The van der Waals surface area contributed by atoms with Crippen LogP contribution in [0.25, 0.3) is 0 Å². The van der Waals surface area contributed by atoms with E-state index in [-0.39, 0.29) is 17.2 Å². The normalized spacial score (nSPS) is 11.2. The highest BCUT2D eigenvalue weighted by Crippen LogP contribution is 2.27. The highest BCUT2D eigenvalue weighted by Gasteiger charge is 2.08. The fraction of sp³-hybridized carbons (Fsp3) is 0.188. The smallest absolute Gasteiger partial charge is 0.238 e. The lowest BCUT2D eigenvalue weighted by molar-refractivity contribution is -0.116. The number of anilines is 1. The minimum atomic E-state index is -3.75. The molecule has 0 aromatic heterocycles. The van der Waals surface area contributed by atoms with Gasteiger partial charge in [-0.15, -0.1) is 0 Å². The van der Waals surface area contributed by atoms with E-state index >= 15 is 0 Å². The summed E-state index contributed by atoms with van der Waals surface area (Å²) in [6, 6.07) is 10.5. The third-order valence-corrected chi connectivity index (χ3v) is 4.63. The molecule has 6 nitrogen and oxygen atoms in total. The van der Waals surface area contributed by atoms with Crippen LogP contribution in [0.1, 0.15) is 12.8 Å². The molecule has 0 unspecified atom stereocenters. The number of carbonyl (C=O) groups is 1. The van der Waals surface area contributed by atoms with Gasteiger partial charge in [0.15, 0.2) is 0 Å². The van der Waals surface area contributed by atoms with E-state index < -0.39 is 10.0 Å². The molecule has 0 saturated carbocycles. The first-order valence-electron chi connectivity index (χ1n) is 7.26. The Balaban J connectivity index is 1.77. The van der Waals surface area contributed by atoms with Crippen LogP contribution in [0.5, 0.6) is 5.75 Å². The Bertz CT molecular complexity index is 855. The van der Waals surface area contributed by atoms with Crippen LogP contribution in [0.2, 0.25) is 10.0 Å². The van der Waals surface area contributed by atoms with Gasteiger partial charge in [-0.1, -0.05) is 23.2 Å². The predicted octanol–water partition coefficient (Wildman–Crippen LogP) is 3.44. The van der Waals surface area contributed by atoms with Crippen LogP contribution in [-0.4, -0.2) is 20.9 Å². The Hall–Kier alpha value is -1.80. The third kappa shape index (κ3) is 6.21. The van der Waals surface area contributed by atoms with Crippen LogP contribution in [0, 0.1) is 0 Å². The molecular formula is C16H16Cl2N2O4S. The number of ether oxygens (including phenoxy) is 1. The number of amides is 1. The van der Waals surface area contributed by atoms with Crippen molar-refractivity contribution in [2.75, 3.05) is 11.9 Å². The minimum Gasteiger partial charge on any atom is -0.492 e. The second-order valence-electron chi connectivity index (χ2n) is 5.14. The standard InChI is InChI=1S/C16H16Cl2N2O4S/c17-11-3-8-15(14(18)10-11)24-9-1-2-16(21)20-12-4-6-13(7-5-12)25(19,22)23/h3-8,10H,1-2,9H2,(H,20,21)(H2,19,22,23). The first-order valence-corrected chi connectivity index (χ1v) is 9.56. The zero-order chi connectivity index (χ0) is 18.4. The van der Waals surface area contributed by atoms with E-state index in [4.69, 9.17) is 33.1 Å². The molecule has 0 aliphatic heterocycles. The first kappa shape index (κ1) is 19.5. The zero-order valence-corrected chi connectivity index (χ0v) is 15.4. The van der Waals surface area contributed by atoms with Gasteiger partial charge >= 0.3 is 0 Å². The van der Waals surface area contributed by atoms with Crippen LogP contribution in [0.4, 0.5) is 5.69 Å². The van der Waals surface area contributed by atoms with Gasteiger partial charge in [0.1, 0.15) is 5.75 Å². The van der Waals surface area contributed by atoms with E-state index in [2.05, 4.69) is 5.32 Å². The highest BCUT2D eigenvalue weighted by atomic mass is 35.5. The fourth-order valence-electron chi connectivity index (χ4n) is 1.96. The number of halogens is 2. The quantitative estimate of drug-likeness (QED) is 0.692. The summed E-state index contributed by atoms with van der Waals surface area (Å²) in [5, 5.41) is 8.60. The molecule has 1 amide bonds. The Labute approximate surface area is 155 Å². The average molecular weight is 403 g/mol. The van der Waals surface area contributed by atoms with Crippen molar-refractivity contribution in [1.29, 1.82) is 0 Å². The average Bonchev–Trinajstić information content (AvgIpc) is 2.53. The molecule has 0 fully saturated rings. The molecule has 9 heteroatoms. The molecule has 0 aliphatic rings. The van der Waals surface area contributed by atoms with Crippen molar-refractivity contribution in [1.82, 2.24) is 0 Å². The largest absolute Gasteiger partial charge is 0.492 e. The minimum absolute atomic E-state index is 0.0151. The van der Waals surface area contributed by atoms with Crippen molar-refractivity contribution in [3.63, 3.8) is 0 Å². The third-order valence-electron chi connectivity index (χ3n) is 3.17. The summed E-state index contributed by atoms with van der Waals surface area (Å²) in [5.74, 6) is 0.291. The molecule has 0 atom stereocenters. The molecule has 0 spiro atoms. The molecule has 134 valence electrons. The number of nitrogens with two attached hydrogens (primary N) is 1. The SMILES string of the molecule is NS(=O)(=O)c1ccc(NC(=O)CCCOc2ccc(Cl)cc2Cl)cc1. The Morgan fingerprint density at radius 1 is 1.12 bits per heavy atom. The predicted molar refractivity (Wildman–Crippen MR) is 97.6 cm³/mol. The monoisotopic (exact) mass is 402 g/mol. The maximum atomic E-state index is 11.9. The van der Waals surface area contributed by atoms with E-state index in [0.29, 0.717) is 34.5 Å². The Kier molecular flexibility index (Phi) is 6.66. The molecule has 2 rings (SSSR count). The van der Waals surface area contributed by atoms with Gasteiger partial charge < -0.3 is 10.1 Å². The number of rotatable bonds is 7. The zero-order valence-electron chi connectivity index (χ0n) is 13.0. The Morgan fingerprint density at radius 2 is 1.80 bits per heavy atom. The lowest BCUT2D eigenvalue weighted by Crippen LogP contribution is -2.14. The number of benzene rings is 2. The first-order chi connectivity index (χ1) is 11.8. The summed E-state index contributed by atoms with van der Waals surface area (Å²) in [6.07, 6.45) is 0.724. The van der Waals surface area contributed by atoms with E-state index in [9.17, 15) is 13.2 Å². The molecule has 3 N–H and O–H groups in total. The number of hydrogen-bond donors (Lipinski definition) is 2. The van der Waals surface area contributed by atoms with Gasteiger partial charge in [0, 0.05) is 17.1 Å². The van der Waals surface area contributed by atoms with Gasteiger partial charge in [-0.3, -0.25) is 4.79 Å². The van der Waals surface area contributed by atoms with E-state index in [0.717, 1.165) is 0 Å². The second kappa shape index (κ2) is 8.53. The lowest BCUT2D eigenvalue weighted by Gasteiger charge is -2.09. The van der Waals surface area contributed by atoms with Gasteiger partial charge in [-0.25, -0.2) is 13.6 Å². The topological polar surface area (TPSA) is 98.5 Å². The van der Waals surface area contributed by atoms with Crippen LogP contribution < -0.4 is 15.2 Å². The summed E-state index contributed by atoms with van der Waals surface area (Å²) >= 11 is 11.8. The number of hydrogen-bond acceptors (Lipinski definition) is 4. The van der Waals surface area contributed by atoms with Gasteiger partial charge in [-0.05, 0) is 48.9 Å². The van der Waals surface area contributed by atoms with Gasteiger partial charge in [0.2, 0.25) is 15.9 Å². The maximum absolute atomic E-state index is 11.9. The number of nitrogens with one attached hydrogen (secondary N) is 1. The summed E-state index contributed by atoms with van der Waals surface area (Å²) in [7, 11) is -3.75. The maximum Gasteiger partial charge on any atom is 0.238 e. The molecule has 2 aromatic rings. The van der Waals surface area contributed by atoms with Crippen molar-refractivity contribution in [3.05, 3.63) is 52.5 Å². The summed E-state index contributed by atoms with van der Waals surface area (Å²) in [6.45, 7) is 0.319. The molecule has 0 radical (unpaired) electrons. The van der Waals surface area contributed by atoms with Crippen molar-refractivity contribution >= 4 is 44.8 Å². The number of sulfonamides is 1. The highest BCUT2D eigenvalue weighted by molar-refractivity contribution is 7.89. The van der Waals surface area contributed by atoms with E-state index in [1.54, 1.807) is 18.2 Å². The van der Waals surface area contributed by atoms with Crippen LogP contribution in [-0.2, 0) is 14.8 Å². The molecule has 0 saturated heterocycles. The van der Waals surface area contributed by atoms with Crippen molar-refractivity contribution in [2.24, 2.45) is 5.14 Å². The molecule has 0 aliphatic carbocycles. The van der Waals surface area contributed by atoms with Crippen molar-refractivity contribution in [3.8, 4) is 5.75 Å². The Morgan fingerprint density at radius 3 is 2.40 bits per heavy atom. The second-order valence-corrected chi connectivity index (χ2v) is 7.55. The van der Waals surface area contributed by atoms with Crippen LogP contribution in [0.15, 0.2) is 47.4 Å². The van der Waals surface area contributed by atoms with Gasteiger partial charge in [0.25, 0.3) is 0 Å². The van der Waals surface area contributed by atoms with Gasteiger partial charge in [0.05, 0.1) is 16.5 Å². The van der Waals surface area contributed by atoms with Crippen molar-refractivity contribution < 1.29 is 17.9 Å².